The van der Waals surface area contributed by atoms with Crippen LogP contribution in [0.5, 0.6) is 0 Å². The van der Waals surface area contributed by atoms with Crippen LogP contribution in [0.15, 0.2) is 24.3 Å². The minimum absolute atomic E-state index is 0.0533. The van der Waals surface area contributed by atoms with Crippen LogP contribution in [0.2, 0.25) is 0 Å². The average molecular weight is 561 g/mol. The van der Waals surface area contributed by atoms with Crippen molar-refractivity contribution in [1.29, 1.82) is 0 Å². The molecule has 1 saturated heterocycles. The molecule has 1 atom stereocenters. The number of carbonyl (C=O) groups excluding carboxylic acids is 2. The van der Waals surface area contributed by atoms with Crippen LogP contribution < -0.4 is 10.6 Å². The summed E-state index contributed by atoms with van der Waals surface area (Å²) >= 11 is 0. The number of likely N-dealkylation sites (tertiary alicyclic amines) is 1. The van der Waals surface area contributed by atoms with Gasteiger partial charge in [-0.3, -0.25) is 9.59 Å². The highest BCUT2D eigenvalue weighted by molar-refractivity contribution is 5.91. The van der Waals surface area contributed by atoms with Crippen molar-refractivity contribution in [3.63, 3.8) is 0 Å². The Kier molecular flexibility index (Phi) is 9.07. The summed E-state index contributed by atoms with van der Waals surface area (Å²) in [5.41, 5.74) is -0.893. The average Bonchev–Trinajstić information content (AvgIpc) is 3.60. The van der Waals surface area contributed by atoms with E-state index in [0.29, 0.717) is 6.42 Å². The number of rotatable bonds is 10. The summed E-state index contributed by atoms with van der Waals surface area (Å²) in [5.74, 6) is -0.778. The lowest BCUT2D eigenvalue weighted by Gasteiger charge is -2.29. The minimum atomic E-state index is -4.57. The molecule has 3 fully saturated rings. The van der Waals surface area contributed by atoms with Gasteiger partial charge in [-0.2, -0.15) is 13.2 Å². The number of benzene rings is 1. The Morgan fingerprint density at radius 3 is 2.38 bits per heavy atom. The molecule has 1 aromatic carbocycles. The van der Waals surface area contributed by atoms with Crippen molar-refractivity contribution in [3.8, 4) is 11.4 Å². The Morgan fingerprint density at radius 1 is 0.975 bits per heavy atom. The summed E-state index contributed by atoms with van der Waals surface area (Å²) in [7, 11) is 0. The number of hydrogen-bond acceptors (Lipinski definition) is 5. The molecule has 2 amide bonds. The number of nitrogens with one attached hydrogen (secondary N) is 2. The lowest BCUT2D eigenvalue weighted by atomic mass is 9.93. The van der Waals surface area contributed by atoms with E-state index in [9.17, 15) is 22.8 Å². The molecule has 2 aromatic rings. The van der Waals surface area contributed by atoms with Crippen LogP contribution >= 0.6 is 0 Å². The third kappa shape index (κ3) is 7.03. The predicted octanol–water partition coefficient (Wildman–Crippen LogP) is 5.11. The zero-order chi connectivity index (χ0) is 28.1. The molecule has 0 bridgehead atoms. The van der Waals surface area contributed by atoms with E-state index in [1.165, 1.54) is 29.3 Å². The Labute approximate surface area is 233 Å². The summed E-state index contributed by atoms with van der Waals surface area (Å²) in [6.45, 7) is 2.77. The molecule has 2 heterocycles. The maximum Gasteiger partial charge on any atom is 0.417 e. The van der Waals surface area contributed by atoms with Gasteiger partial charge in [-0.15, -0.1) is 5.10 Å². The van der Waals surface area contributed by atoms with Gasteiger partial charge < -0.3 is 15.5 Å². The molecular weight excluding hydrogens is 521 g/mol. The molecule has 218 valence electrons. The molecule has 40 heavy (non-hydrogen) atoms. The van der Waals surface area contributed by atoms with E-state index in [1.54, 1.807) is 0 Å². The summed E-state index contributed by atoms with van der Waals surface area (Å²) in [6, 6.07) is 4.94. The number of hydrogen-bond donors (Lipinski definition) is 2. The van der Waals surface area contributed by atoms with Crippen LogP contribution in [0, 0.1) is 0 Å². The van der Waals surface area contributed by atoms with Crippen LogP contribution in [0.4, 0.5) is 13.2 Å². The first kappa shape index (κ1) is 28.6. The minimum Gasteiger partial charge on any atom is -0.353 e. The molecule has 5 rings (SSSR count). The summed E-state index contributed by atoms with van der Waals surface area (Å²) in [4.78, 5) is 32.9. The van der Waals surface area contributed by atoms with E-state index in [4.69, 9.17) is 0 Å². The number of aromatic nitrogens is 3. The topological polar surface area (TPSA) is 92.2 Å². The zero-order valence-corrected chi connectivity index (χ0v) is 22.9. The Bertz CT molecular complexity index is 1170. The first-order chi connectivity index (χ1) is 19.3. The van der Waals surface area contributed by atoms with Crippen molar-refractivity contribution >= 4 is 11.8 Å². The van der Waals surface area contributed by atoms with Gasteiger partial charge in [0.15, 0.2) is 5.82 Å². The van der Waals surface area contributed by atoms with Crippen molar-refractivity contribution in [2.24, 2.45) is 0 Å². The van der Waals surface area contributed by atoms with Gasteiger partial charge in [0, 0.05) is 30.6 Å². The number of amides is 2. The SMILES string of the molecule is O=C(C[C@H](CCN1CCCCC1)NC(=O)c1nc(-c2ccccc2C(F)(F)F)n(C2CCCC2)n1)NC1CCC1. The second-order valence-corrected chi connectivity index (χ2v) is 11.4. The van der Waals surface area contributed by atoms with Crippen LogP contribution in [0.3, 0.4) is 0 Å². The van der Waals surface area contributed by atoms with E-state index < -0.39 is 23.7 Å². The second-order valence-electron chi connectivity index (χ2n) is 11.4. The molecule has 0 unspecified atom stereocenters. The Hall–Kier alpha value is -2.95. The third-order valence-corrected chi connectivity index (χ3v) is 8.46. The Morgan fingerprint density at radius 2 is 1.70 bits per heavy atom. The summed E-state index contributed by atoms with van der Waals surface area (Å²) < 4.78 is 43.2. The van der Waals surface area contributed by atoms with E-state index in [0.717, 1.165) is 83.5 Å². The fourth-order valence-corrected chi connectivity index (χ4v) is 5.99. The standard InChI is InChI=1S/C29H39F3N6O2/c30-29(31,32)24-14-5-4-13-23(24)27-35-26(36-38(27)22-11-2-3-12-22)28(40)34-21(15-18-37-16-6-1-7-17-37)19-25(39)33-20-9-8-10-20/h4-5,13-14,20-22H,1-3,6-12,15-19H2,(H,33,39)(H,34,40)/t21-/m0/s1. The van der Waals surface area contributed by atoms with Gasteiger partial charge in [0.25, 0.3) is 5.91 Å². The predicted molar refractivity (Wildman–Crippen MR) is 145 cm³/mol. The molecule has 1 aromatic heterocycles. The van der Waals surface area contributed by atoms with E-state index in [1.807, 2.05) is 0 Å². The lowest BCUT2D eigenvalue weighted by molar-refractivity contribution is -0.137. The maximum atomic E-state index is 13.9. The van der Waals surface area contributed by atoms with Crippen LogP contribution in [0.1, 0.15) is 99.3 Å². The van der Waals surface area contributed by atoms with Gasteiger partial charge in [-0.05, 0) is 70.5 Å². The molecule has 8 nitrogen and oxygen atoms in total. The zero-order valence-electron chi connectivity index (χ0n) is 22.9. The molecule has 2 N–H and O–H groups in total. The smallest absolute Gasteiger partial charge is 0.353 e. The largest absolute Gasteiger partial charge is 0.417 e. The van der Waals surface area contributed by atoms with Crippen molar-refractivity contribution in [2.75, 3.05) is 19.6 Å². The normalized spacial score (nSPS) is 19.8. The molecule has 11 heteroatoms. The van der Waals surface area contributed by atoms with Gasteiger partial charge in [-0.25, -0.2) is 9.67 Å². The molecule has 1 aliphatic heterocycles. The highest BCUT2D eigenvalue weighted by atomic mass is 19.4. The molecule has 3 aliphatic rings. The fourth-order valence-electron chi connectivity index (χ4n) is 5.99. The van der Waals surface area contributed by atoms with Crippen molar-refractivity contribution < 1.29 is 22.8 Å². The highest BCUT2D eigenvalue weighted by Gasteiger charge is 2.36. The number of alkyl halides is 3. The van der Waals surface area contributed by atoms with Crippen LogP contribution in [0.25, 0.3) is 11.4 Å². The van der Waals surface area contributed by atoms with Crippen molar-refractivity contribution in [3.05, 3.63) is 35.7 Å². The number of carbonyl (C=O) groups is 2. The lowest BCUT2D eigenvalue weighted by Crippen LogP contribution is -2.45. The third-order valence-electron chi connectivity index (χ3n) is 8.46. The van der Waals surface area contributed by atoms with Gasteiger partial charge >= 0.3 is 6.18 Å². The van der Waals surface area contributed by atoms with Crippen LogP contribution in [-0.2, 0) is 11.0 Å². The highest BCUT2D eigenvalue weighted by Crippen LogP contribution is 2.39. The maximum absolute atomic E-state index is 13.9. The van der Waals surface area contributed by atoms with Gasteiger partial charge in [0.2, 0.25) is 11.7 Å². The van der Waals surface area contributed by atoms with Crippen LogP contribution in [-0.4, -0.2) is 63.2 Å². The van der Waals surface area contributed by atoms with Crippen molar-refractivity contribution in [1.82, 2.24) is 30.3 Å². The monoisotopic (exact) mass is 560 g/mol. The van der Waals surface area contributed by atoms with Gasteiger partial charge in [0.05, 0.1) is 11.6 Å². The first-order valence-electron chi connectivity index (χ1n) is 14.7. The molecular formula is C29H39F3N6O2. The fraction of sp³-hybridized carbons (Fsp3) is 0.655. The molecule has 2 saturated carbocycles. The first-order valence-corrected chi connectivity index (χ1v) is 14.7. The van der Waals surface area contributed by atoms with E-state index >= 15 is 0 Å². The second kappa shape index (κ2) is 12.7. The molecule has 2 aliphatic carbocycles. The van der Waals surface area contributed by atoms with E-state index in [-0.39, 0.29) is 41.6 Å². The number of piperidine rings is 1. The number of halogens is 3. The van der Waals surface area contributed by atoms with Crippen molar-refractivity contribution in [2.45, 2.75) is 101 Å². The number of nitrogens with zero attached hydrogens (tertiary/aromatic N) is 4. The van der Waals surface area contributed by atoms with E-state index in [2.05, 4.69) is 25.6 Å². The Balaban J connectivity index is 1.37. The summed E-state index contributed by atoms with van der Waals surface area (Å²) in [5, 5.41) is 10.5. The molecule has 0 spiro atoms. The van der Waals surface area contributed by atoms with Gasteiger partial charge in [-0.1, -0.05) is 37.5 Å². The quantitative estimate of drug-likeness (QED) is 0.421. The van der Waals surface area contributed by atoms with Gasteiger partial charge in [0.1, 0.15) is 0 Å². The summed E-state index contributed by atoms with van der Waals surface area (Å²) in [6.07, 6.45) is 6.15. The molecule has 0 radical (unpaired) electrons.